The van der Waals surface area contributed by atoms with Crippen LogP contribution in [0.4, 0.5) is 0 Å². The highest BCUT2D eigenvalue weighted by atomic mass is 79.9. The Labute approximate surface area is 133 Å². The van der Waals surface area contributed by atoms with Crippen molar-refractivity contribution in [2.45, 2.75) is 25.7 Å². The van der Waals surface area contributed by atoms with Crippen LogP contribution < -0.4 is 10.2 Å². The highest BCUT2D eigenvalue weighted by molar-refractivity contribution is 9.10. The summed E-state index contributed by atoms with van der Waals surface area (Å²) in [6.45, 7) is 0. The minimum Gasteiger partial charge on any atom is -0.496 e. The Hall–Kier alpha value is -1.36. The molecule has 1 aromatic carbocycles. The third-order valence-corrected chi connectivity index (χ3v) is 5.02. The molecule has 2 saturated carbocycles. The number of nitrogens with one attached hydrogen (secondary N) is 1. The highest BCUT2D eigenvalue weighted by Crippen LogP contribution is 2.55. The van der Waals surface area contributed by atoms with Gasteiger partial charge in [-0.2, -0.15) is 5.10 Å². The van der Waals surface area contributed by atoms with E-state index in [1.807, 2.05) is 18.2 Å². The zero-order valence-electron chi connectivity index (χ0n) is 12.0. The second-order valence-corrected chi connectivity index (χ2v) is 6.67. The fourth-order valence-corrected chi connectivity index (χ4v) is 3.81. The summed E-state index contributed by atoms with van der Waals surface area (Å²) in [5.41, 5.74) is 3.51. The molecule has 2 aliphatic carbocycles. The molecule has 0 radical (unpaired) electrons. The summed E-state index contributed by atoms with van der Waals surface area (Å²) >= 11 is 3.42. The monoisotopic (exact) mass is 350 g/mol. The predicted octanol–water partition coefficient (Wildman–Crippen LogP) is 3.34. The molecular weight excluding hydrogens is 332 g/mol. The third kappa shape index (κ3) is 3.12. The summed E-state index contributed by atoms with van der Waals surface area (Å²) in [5.74, 6) is 2.20. The Morgan fingerprint density at radius 2 is 2.10 bits per heavy atom. The molecule has 2 aliphatic rings. The molecule has 0 aromatic heterocycles. The number of benzene rings is 1. The van der Waals surface area contributed by atoms with Crippen LogP contribution in [-0.2, 0) is 4.79 Å². The molecule has 4 nitrogen and oxygen atoms in total. The lowest BCUT2D eigenvalue weighted by atomic mass is 10.0. The number of nitrogens with zero attached hydrogens (tertiary/aromatic N) is 1. The number of hydrogen-bond donors (Lipinski definition) is 1. The normalized spacial score (nSPS) is 27.2. The number of hydrogen-bond acceptors (Lipinski definition) is 3. The van der Waals surface area contributed by atoms with Crippen LogP contribution in [0.15, 0.2) is 27.8 Å². The van der Waals surface area contributed by atoms with E-state index in [-0.39, 0.29) is 11.8 Å². The molecule has 0 heterocycles. The van der Waals surface area contributed by atoms with E-state index in [1.54, 1.807) is 13.3 Å². The van der Waals surface area contributed by atoms with Gasteiger partial charge in [-0.3, -0.25) is 4.79 Å². The van der Waals surface area contributed by atoms with Gasteiger partial charge in [-0.1, -0.05) is 28.8 Å². The van der Waals surface area contributed by atoms with Crippen molar-refractivity contribution in [3.63, 3.8) is 0 Å². The van der Waals surface area contributed by atoms with Crippen LogP contribution in [0.25, 0.3) is 0 Å². The van der Waals surface area contributed by atoms with E-state index in [2.05, 4.69) is 26.5 Å². The molecule has 2 unspecified atom stereocenters. The van der Waals surface area contributed by atoms with Gasteiger partial charge in [0.2, 0.25) is 5.91 Å². The second kappa shape index (κ2) is 6.18. The van der Waals surface area contributed by atoms with Gasteiger partial charge < -0.3 is 4.74 Å². The predicted molar refractivity (Wildman–Crippen MR) is 85.4 cm³/mol. The number of carbonyl (C=O) groups excluding carboxylic acids is 1. The first kappa shape index (κ1) is 14.6. The SMILES string of the molecule is COc1ccc(Br)cc1/C=N\NC(=O)C1C2CCCCC21. The number of hydrazone groups is 1. The van der Waals surface area contributed by atoms with Gasteiger partial charge >= 0.3 is 0 Å². The first-order valence-corrected chi connectivity index (χ1v) is 8.16. The summed E-state index contributed by atoms with van der Waals surface area (Å²) in [4.78, 5) is 12.1. The van der Waals surface area contributed by atoms with Crippen LogP contribution in [0.2, 0.25) is 0 Å². The Balaban J connectivity index is 1.60. The largest absolute Gasteiger partial charge is 0.496 e. The van der Waals surface area contributed by atoms with Crippen molar-refractivity contribution in [1.82, 2.24) is 5.43 Å². The average molecular weight is 351 g/mol. The minimum atomic E-state index is 0.0668. The van der Waals surface area contributed by atoms with Gasteiger partial charge in [0.15, 0.2) is 0 Å². The minimum absolute atomic E-state index is 0.0668. The average Bonchev–Trinajstić information content (AvgIpc) is 3.22. The van der Waals surface area contributed by atoms with Crippen molar-refractivity contribution in [1.29, 1.82) is 0 Å². The van der Waals surface area contributed by atoms with Gasteiger partial charge in [-0.05, 0) is 42.9 Å². The molecule has 1 amide bonds. The van der Waals surface area contributed by atoms with Crippen molar-refractivity contribution < 1.29 is 9.53 Å². The van der Waals surface area contributed by atoms with E-state index in [0.29, 0.717) is 11.8 Å². The number of halogens is 1. The van der Waals surface area contributed by atoms with Gasteiger partial charge in [-0.25, -0.2) is 5.43 Å². The third-order valence-electron chi connectivity index (χ3n) is 4.53. The molecular formula is C16H19BrN2O2. The maximum absolute atomic E-state index is 12.1. The second-order valence-electron chi connectivity index (χ2n) is 5.76. The molecule has 1 N–H and O–H groups in total. The van der Waals surface area contributed by atoms with Crippen molar-refractivity contribution >= 4 is 28.1 Å². The zero-order chi connectivity index (χ0) is 14.8. The van der Waals surface area contributed by atoms with Crippen molar-refractivity contribution in [3.8, 4) is 5.75 Å². The molecule has 5 heteroatoms. The van der Waals surface area contributed by atoms with Gasteiger partial charge in [-0.15, -0.1) is 0 Å². The molecule has 21 heavy (non-hydrogen) atoms. The standard InChI is InChI=1S/C16H19BrN2O2/c1-21-14-7-6-11(17)8-10(14)9-18-19-16(20)15-12-4-2-3-5-13(12)15/h6-9,12-13,15H,2-5H2,1H3,(H,19,20)/b18-9-. The number of amides is 1. The Morgan fingerprint density at radius 3 is 2.76 bits per heavy atom. The molecule has 2 fully saturated rings. The Kier molecular flexibility index (Phi) is 4.29. The first-order valence-electron chi connectivity index (χ1n) is 7.37. The van der Waals surface area contributed by atoms with E-state index < -0.39 is 0 Å². The number of ether oxygens (including phenoxy) is 1. The van der Waals surface area contributed by atoms with Gasteiger partial charge in [0.05, 0.1) is 13.3 Å². The fraction of sp³-hybridized carbons (Fsp3) is 0.500. The van der Waals surface area contributed by atoms with Crippen LogP contribution in [0, 0.1) is 17.8 Å². The molecule has 0 aliphatic heterocycles. The summed E-state index contributed by atoms with van der Waals surface area (Å²) in [7, 11) is 1.62. The van der Waals surface area contributed by atoms with Gasteiger partial charge in [0.25, 0.3) is 0 Å². The lowest BCUT2D eigenvalue weighted by molar-refractivity contribution is -0.122. The Morgan fingerprint density at radius 1 is 1.38 bits per heavy atom. The summed E-state index contributed by atoms with van der Waals surface area (Å²) in [6.07, 6.45) is 6.57. The van der Waals surface area contributed by atoms with Crippen LogP contribution >= 0.6 is 15.9 Å². The van der Waals surface area contributed by atoms with Crippen molar-refractivity contribution in [2.75, 3.05) is 7.11 Å². The van der Waals surface area contributed by atoms with Gasteiger partial charge in [0, 0.05) is 16.0 Å². The van der Waals surface area contributed by atoms with E-state index in [0.717, 1.165) is 15.8 Å². The summed E-state index contributed by atoms with van der Waals surface area (Å²) in [5, 5.41) is 4.09. The van der Waals surface area contributed by atoms with E-state index >= 15 is 0 Å². The molecule has 0 bridgehead atoms. The smallest absolute Gasteiger partial charge is 0.243 e. The van der Waals surface area contributed by atoms with Crippen LogP contribution in [0.1, 0.15) is 31.2 Å². The number of methoxy groups -OCH3 is 1. The molecule has 3 rings (SSSR count). The van der Waals surface area contributed by atoms with E-state index in [4.69, 9.17) is 4.74 Å². The zero-order valence-corrected chi connectivity index (χ0v) is 13.6. The number of rotatable bonds is 4. The van der Waals surface area contributed by atoms with E-state index in [1.165, 1.54) is 25.7 Å². The summed E-state index contributed by atoms with van der Waals surface area (Å²) < 4.78 is 6.22. The maximum Gasteiger partial charge on any atom is 0.243 e. The first-order chi connectivity index (χ1) is 10.2. The highest BCUT2D eigenvalue weighted by Gasteiger charge is 2.54. The molecule has 0 spiro atoms. The van der Waals surface area contributed by atoms with Crippen LogP contribution in [0.3, 0.4) is 0 Å². The number of fused-ring (bicyclic) bond motifs is 1. The van der Waals surface area contributed by atoms with Crippen molar-refractivity contribution in [3.05, 3.63) is 28.2 Å². The lowest BCUT2D eigenvalue weighted by Gasteiger charge is -2.04. The number of carbonyl (C=O) groups is 1. The fourth-order valence-electron chi connectivity index (χ4n) is 3.43. The molecule has 0 saturated heterocycles. The Bertz CT molecular complexity index is 561. The quantitative estimate of drug-likeness (QED) is 0.668. The molecule has 112 valence electrons. The van der Waals surface area contributed by atoms with Crippen molar-refractivity contribution in [2.24, 2.45) is 22.9 Å². The van der Waals surface area contributed by atoms with Gasteiger partial charge in [0.1, 0.15) is 5.75 Å². The van der Waals surface area contributed by atoms with E-state index in [9.17, 15) is 4.79 Å². The molecule has 2 atom stereocenters. The maximum atomic E-state index is 12.1. The van der Waals surface area contributed by atoms with Crippen LogP contribution in [-0.4, -0.2) is 19.2 Å². The topological polar surface area (TPSA) is 50.7 Å². The lowest BCUT2D eigenvalue weighted by Crippen LogP contribution is -2.20. The van der Waals surface area contributed by atoms with Crippen LogP contribution in [0.5, 0.6) is 5.75 Å². The molecule has 1 aromatic rings. The summed E-state index contributed by atoms with van der Waals surface area (Å²) in [6, 6.07) is 5.68.